The van der Waals surface area contributed by atoms with Crippen LogP contribution in [0, 0.1) is 6.92 Å². The normalized spacial score (nSPS) is 15.6. The van der Waals surface area contributed by atoms with Gasteiger partial charge in [0.15, 0.2) is 0 Å². The Bertz CT molecular complexity index is 542. The molecule has 0 N–H and O–H groups in total. The zero-order valence-electron chi connectivity index (χ0n) is 12.9. The largest absolute Gasteiger partial charge is 0.496 e. The summed E-state index contributed by atoms with van der Waals surface area (Å²) in [4.78, 5) is 27.6. The lowest BCUT2D eigenvalue weighted by molar-refractivity contribution is -0.128. The summed E-state index contributed by atoms with van der Waals surface area (Å²) in [5, 5.41) is 0. The second-order valence-corrected chi connectivity index (χ2v) is 5.34. The summed E-state index contributed by atoms with van der Waals surface area (Å²) in [6.45, 7) is 6.11. The second-order valence-electron chi connectivity index (χ2n) is 5.34. The second kappa shape index (κ2) is 6.61. The molecule has 21 heavy (non-hydrogen) atoms. The Labute approximate surface area is 125 Å². The summed E-state index contributed by atoms with van der Waals surface area (Å²) in [7, 11) is 1.62. The molecule has 114 valence electrons. The van der Waals surface area contributed by atoms with Crippen LogP contribution in [-0.4, -0.2) is 54.9 Å². The molecule has 0 aliphatic carbocycles. The van der Waals surface area contributed by atoms with E-state index in [4.69, 9.17) is 4.74 Å². The highest BCUT2D eigenvalue weighted by molar-refractivity contribution is 5.94. The molecule has 0 atom stereocenters. The monoisotopic (exact) mass is 290 g/mol. The number of methoxy groups -OCH3 is 1. The zero-order chi connectivity index (χ0) is 15.4. The van der Waals surface area contributed by atoms with Crippen molar-refractivity contribution in [3.8, 4) is 5.75 Å². The highest BCUT2D eigenvalue weighted by atomic mass is 16.5. The zero-order valence-corrected chi connectivity index (χ0v) is 12.9. The molecule has 0 bridgehead atoms. The lowest BCUT2D eigenvalue weighted by Gasteiger charge is -2.21. The molecule has 2 amide bonds. The van der Waals surface area contributed by atoms with Gasteiger partial charge >= 0.3 is 0 Å². The minimum Gasteiger partial charge on any atom is -0.496 e. The number of nitrogens with zero attached hydrogens (tertiary/aromatic N) is 2. The van der Waals surface area contributed by atoms with Gasteiger partial charge < -0.3 is 14.5 Å². The summed E-state index contributed by atoms with van der Waals surface area (Å²) < 4.78 is 5.22. The summed E-state index contributed by atoms with van der Waals surface area (Å²) in [6, 6.07) is 5.47. The minimum atomic E-state index is 0.0196. The molecule has 1 heterocycles. The molecule has 5 heteroatoms. The van der Waals surface area contributed by atoms with E-state index in [2.05, 4.69) is 0 Å². The first-order valence-corrected chi connectivity index (χ1v) is 7.22. The van der Waals surface area contributed by atoms with E-state index in [9.17, 15) is 9.59 Å². The van der Waals surface area contributed by atoms with E-state index in [0.29, 0.717) is 25.2 Å². The predicted octanol–water partition coefficient (Wildman–Crippen LogP) is 1.70. The Morgan fingerprint density at radius 1 is 1.10 bits per heavy atom. The van der Waals surface area contributed by atoms with E-state index in [0.717, 1.165) is 24.3 Å². The molecular formula is C16H22N2O3. The number of hydrogen-bond acceptors (Lipinski definition) is 3. The van der Waals surface area contributed by atoms with Crippen molar-refractivity contribution < 1.29 is 14.3 Å². The van der Waals surface area contributed by atoms with Crippen LogP contribution in [0.25, 0.3) is 0 Å². The molecule has 0 aromatic heterocycles. The van der Waals surface area contributed by atoms with Gasteiger partial charge in [0.05, 0.1) is 7.11 Å². The molecule has 0 spiro atoms. The number of carbonyl (C=O) groups is 2. The van der Waals surface area contributed by atoms with Gasteiger partial charge in [-0.25, -0.2) is 0 Å². The minimum absolute atomic E-state index is 0.0196. The number of hydrogen-bond donors (Lipinski definition) is 0. The van der Waals surface area contributed by atoms with Gasteiger partial charge in [-0.15, -0.1) is 0 Å². The average molecular weight is 290 g/mol. The SMILES string of the molecule is COc1ccc(C(=O)N2CCCN(C(C)=O)CC2)cc1C. The Morgan fingerprint density at radius 2 is 1.76 bits per heavy atom. The highest BCUT2D eigenvalue weighted by Gasteiger charge is 2.21. The molecule has 1 aliphatic heterocycles. The molecule has 1 saturated heterocycles. The van der Waals surface area contributed by atoms with Gasteiger partial charge in [0.1, 0.15) is 5.75 Å². The van der Waals surface area contributed by atoms with Crippen molar-refractivity contribution in [1.82, 2.24) is 9.80 Å². The van der Waals surface area contributed by atoms with Crippen molar-refractivity contribution in [1.29, 1.82) is 0 Å². The van der Waals surface area contributed by atoms with Crippen LogP contribution in [0.5, 0.6) is 5.75 Å². The van der Waals surface area contributed by atoms with Crippen molar-refractivity contribution in [3.05, 3.63) is 29.3 Å². The standard InChI is InChI=1S/C16H22N2O3/c1-12-11-14(5-6-15(12)21-3)16(20)18-8-4-7-17(9-10-18)13(2)19/h5-6,11H,4,7-10H2,1-3H3. The lowest BCUT2D eigenvalue weighted by atomic mass is 10.1. The summed E-state index contributed by atoms with van der Waals surface area (Å²) in [6.07, 6.45) is 0.820. The van der Waals surface area contributed by atoms with Gasteiger partial charge in [-0.1, -0.05) is 0 Å². The van der Waals surface area contributed by atoms with Crippen molar-refractivity contribution in [3.63, 3.8) is 0 Å². The van der Waals surface area contributed by atoms with Gasteiger partial charge in [-0.2, -0.15) is 0 Å². The Hall–Kier alpha value is -2.04. The fourth-order valence-corrected chi connectivity index (χ4v) is 2.63. The van der Waals surface area contributed by atoms with Crippen LogP contribution < -0.4 is 4.74 Å². The maximum Gasteiger partial charge on any atom is 0.253 e. The molecule has 0 radical (unpaired) electrons. The van der Waals surface area contributed by atoms with E-state index in [1.165, 1.54) is 0 Å². The third-order valence-electron chi connectivity index (χ3n) is 3.87. The van der Waals surface area contributed by atoms with Crippen molar-refractivity contribution in [2.45, 2.75) is 20.3 Å². The molecule has 1 aromatic rings. The summed E-state index contributed by atoms with van der Waals surface area (Å²) in [5.74, 6) is 0.876. The van der Waals surface area contributed by atoms with Crippen LogP contribution in [0.4, 0.5) is 0 Å². The maximum atomic E-state index is 12.6. The lowest BCUT2D eigenvalue weighted by Crippen LogP contribution is -2.36. The maximum absolute atomic E-state index is 12.6. The number of amides is 2. The Balaban J connectivity index is 2.09. The molecular weight excluding hydrogens is 268 g/mol. The average Bonchev–Trinajstić information content (AvgIpc) is 2.72. The third kappa shape index (κ3) is 3.54. The van der Waals surface area contributed by atoms with Crippen LogP contribution in [0.15, 0.2) is 18.2 Å². The van der Waals surface area contributed by atoms with Gasteiger partial charge in [0, 0.05) is 38.7 Å². The van der Waals surface area contributed by atoms with Gasteiger partial charge in [0.2, 0.25) is 5.91 Å². The molecule has 1 aromatic carbocycles. The fraction of sp³-hybridized carbons (Fsp3) is 0.500. The molecule has 1 fully saturated rings. The number of aryl methyl sites for hydroxylation is 1. The van der Waals surface area contributed by atoms with Crippen LogP contribution in [0.1, 0.15) is 29.3 Å². The quantitative estimate of drug-likeness (QED) is 0.833. The van der Waals surface area contributed by atoms with E-state index < -0.39 is 0 Å². The number of carbonyl (C=O) groups excluding carboxylic acids is 2. The molecule has 1 aliphatic rings. The molecule has 2 rings (SSSR count). The van der Waals surface area contributed by atoms with Crippen LogP contribution >= 0.6 is 0 Å². The van der Waals surface area contributed by atoms with Gasteiger partial charge in [-0.3, -0.25) is 9.59 Å². The first kappa shape index (κ1) is 15.4. The number of ether oxygens (including phenoxy) is 1. The summed E-state index contributed by atoms with van der Waals surface area (Å²) in [5.41, 5.74) is 1.62. The number of rotatable bonds is 2. The van der Waals surface area contributed by atoms with Gasteiger partial charge in [0.25, 0.3) is 5.91 Å². The van der Waals surface area contributed by atoms with E-state index in [1.807, 2.05) is 24.0 Å². The van der Waals surface area contributed by atoms with Crippen molar-refractivity contribution in [2.24, 2.45) is 0 Å². The van der Waals surface area contributed by atoms with Crippen LogP contribution in [0.2, 0.25) is 0 Å². The molecule has 5 nitrogen and oxygen atoms in total. The summed E-state index contributed by atoms with van der Waals surface area (Å²) >= 11 is 0. The fourth-order valence-electron chi connectivity index (χ4n) is 2.63. The van der Waals surface area contributed by atoms with Crippen molar-refractivity contribution >= 4 is 11.8 Å². The molecule has 0 unspecified atom stereocenters. The van der Waals surface area contributed by atoms with Gasteiger partial charge in [-0.05, 0) is 37.1 Å². The van der Waals surface area contributed by atoms with E-state index in [-0.39, 0.29) is 11.8 Å². The molecule has 0 saturated carbocycles. The first-order valence-electron chi connectivity index (χ1n) is 7.22. The first-order chi connectivity index (χ1) is 10.0. The van der Waals surface area contributed by atoms with E-state index in [1.54, 1.807) is 25.0 Å². The predicted molar refractivity (Wildman–Crippen MR) is 80.5 cm³/mol. The number of benzene rings is 1. The van der Waals surface area contributed by atoms with Crippen molar-refractivity contribution in [2.75, 3.05) is 33.3 Å². The van der Waals surface area contributed by atoms with Crippen LogP contribution in [-0.2, 0) is 4.79 Å². The highest BCUT2D eigenvalue weighted by Crippen LogP contribution is 2.20. The topological polar surface area (TPSA) is 49.9 Å². The smallest absolute Gasteiger partial charge is 0.253 e. The van der Waals surface area contributed by atoms with E-state index >= 15 is 0 Å². The van der Waals surface area contributed by atoms with Crippen LogP contribution in [0.3, 0.4) is 0 Å². The Kier molecular flexibility index (Phi) is 4.83. The third-order valence-corrected chi connectivity index (χ3v) is 3.87. The Morgan fingerprint density at radius 3 is 2.38 bits per heavy atom.